The molecule has 3 rings (SSSR count). The molecular formula is C16H11ClFNO2. The van der Waals surface area contributed by atoms with Gasteiger partial charge in [0, 0.05) is 16.8 Å². The second kappa shape index (κ2) is 4.97. The van der Waals surface area contributed by atoms with E-state index in [1.54, 1.807) is 25.1 Å². The van der Waals surface area contributed by atoms with Crippen LogP contribution in [-0.2, 0) is 11.2 Å². The molecule has 21 heavy (non-hydrogen) atoms. The van der Waals surface area contributed by atoms with E-state index >= 15 is 0 Å². The standard InChI is InChI=1S/C16H11ClFNO2/c1-8-2-10(4-11(18)3-8)16(21)12-5-9-6-15(20)19-14(9)7-13(12)17/h2-5,7H,6H2,1H3,(H,19,20). The highest BCUT2D eigenvalue weighted by atomic mass is 35.5. The van der Waals surface area contributed by atoms with Crippen LogP contribution in [0.2, 0.25) is 5.02 Å². The van der Waals surface area contributed by atoms with E-state index in [1.807, 2.05) is 0 Å². The van der Waals surface area contributed by atoms with Crippen molar-refractivity contribution >= 4 is 29.0 Å². The largest absolute Gasteiger partial charge is 0.325 e. The van der Waals surface area contributed by atoms with Crippen molar-refractivity contribution in [2.75, 3.05) is 5.32 Å². The Morgan fingerprint density at radius 1 is 1.24 bits per heavy atom. The highest BCUT2D eigenvalue weighted by molar-refractivity contribution is 6.35. The quantitative estimate of drug-likeness (QED) is 0.863. The first-order valence-corrected chi connectivity index (χ1v) is 6.76. The van der Waals surface area contributed by atoms with Crippen LogP contribution in [0.4, 0.5) is 10.1 Å². The fourth-order valence-corrected chi connectivity index (χ4v) is 2.69. The van der Waals surface area contributed by atoms with E-state index in [0.717, 1.165) is 5.56 Å². The van der Waals surface area contributed by atoms with Gasteiger partial charge in [-0.25, -0.2) is 4.39 Å². The summed E-state index contributed by atoms with van der Waals surface area (Å²) in [6.07, 6.45) is 0.217. The molecule has 0 aromatic heterocycles. The topological polar surface area (TPSA) is 46.2 Å². The molecular weight excluding hydrogens is 293 g/mol. The lowest BCUT2D eigenvalue weighted by molar-refractivity contribution is -0.115. The molecule has 1 amide bonds. The maximum absolute atomic E-state index is 13.4. The Balaban J connectivity index is 2.06. The van der Waals surface area contributed by atoms with Crippen LogP contribution >= 0.6 is 11.6 Å². The first kappa shape index (κ1) is 13.8. The number of nitrogens with one attached hydrogen (secondary N) is 1. The molecule has 106 valence electrons. The van der Waals surface area contributed by atoms with E-state index in [1.165, 1.54) is 12.1 Å². The lowest BCUT2D eigenvalue weighted by Gasteiger charge is -2.08. The highest BCUT2D eigenvalue weighted by Gasteiger charge is 2.22. The van der Waals surface area contributed by atoms with Crippen LogP contribution in [0.25, 0.3) is 0 Å². The third kappa shape index (κ3) is 2.54. The molecule has 0 saturated heterocycles. The lowest BCUT2D eigenvalue weighted by atomic mass is 9.99. The second-order valence-electron chi connectivity index (χ2n) is 5.06. The number of halogens is 2. The van der Waals surface area contributed by atoms with E-state index in [2.05, 4.69) is 5.32 Å². The number of rotatable bonds is 2. The molecule has 1 N–H and O–H groups in total. The molecule has 5 heteroatoms. The van der Waals surface area contributed by atoms with Crippen molar-refractivity contribution < 1.29 is 14.0 Å². The van der Waals surface area contributed by atoms with E-state index in [-0.39, 0.29) is 34.3 Å². The van der Waals surface area contributed by atoms with Crippen LogP contribution in [0.15, 0.2) is 30.3 Å². The first-order chi connectivity index (χ1) is 9.94. The average Bonchev–Trinajstić information content (AvgIpc) is 2.75. The van der Waals surface area contributed by atoms with Crippen molar-refractivity contribution in [2.24, 2.45) is 0 Å². The number of carbonyl (C=O) groups is 2. The molecule has 0 radical (unpaired) electrons. The van der Waals surface area contributed by atoms with Gasteiger partial charge in [-0.1, -0.05) is 11.6 Å². The second-order valence-corrected chi connectivity index (χ2v) is 5.47. The monoisotopic (exact) mass is 303 g/mol. The number of hydrogen-bond donors (Lipinski definition) is 1. The van der Waals surface area contributed by atoms with Gasteiger partial charge in [0.2, 0.25) is 5.91 Å². The van der Waals surface area contributed by atoms with Gasteiger partial charge in [-0.2, -0.15) is 0 Å². The van der Waals surface area contributed by atoms with Gasteiger partial charge >= 0.3 is 0 Å². The SMILES string of the molecule is Cc1cc(F)cc(C(=O)c2cc3c(cc2Cl)NC(=O)C3)c1. The van der Waals surface area contributed by atoms with Crippen molar-refractivity contribution in [3.05, 3.63) is 63.4 Å². The van der Waals surface area contributed by atoms with Gasteiger partial charge in [0.05, 0.1) is 11.4 Å². The van der Waals surface area contributed by atoms with E-state index in [9.17, 15) is 14.0 Å². The molecule has 0 atom stereocenters. The third-order valence-corrected chi connectivity index (χ3v) is 3.68. The number of amides is 1. The summed E-state index contributed by atoms with van der Waals surface area (Å²) >= 11 is 6.11. The minimum absolute atomic E-state index is 0.132. The number of carbonyl (C=O) groups excluding carboxylic acids is 2. The van der Waals surface area contributed by atoms with Crippen LogP contribution in [-0.4, -0.2) is 11.7 Å². The molecule has 3 nitrogen and oxygen atoms in total. The predicted molar refractivity (Wildman–Crippen MR) is 78.4 cm³/mol. The third-order valence-electron chi connectivity index (χ3n) is 3.37. The van der Waals surface area contributed by atoms with Crippen molar-refractivity contribution in [3.63, 3.8) is 0 Å². The number of anilines is 1. The van der Waals surface area contributed by atoms with Crippen LogP contribution in [0.3, 0.4) is 0 Å². The first-order valence-electron chi connectivity index (χ1n) is 6.38. The van der Waals surface area contributed by atoms with Gasteiger partial charge in [-0.05, 0) is 48.4 Å². The molecule has 0 saturated carbocycles. The van der Waals surface area contributed by atoms with Crippen LogP contribution in [0.1, 0.15) is 27.0 Å². The van der Waals surface area contributed by atoms with Crippen LogP contribution < -0.4 is 5.32 Å². The zero-order valence-electron chi connectivity index (χ0n) is 11.2. The van der Waals surface area contributed by atoms with Gasteiger partial charge < -0.3 is 5.32 Å². The summed E-state index contributed by atoms with van der Waals surface area (Å²) in [4.78, 5) is 23.9. The van der Waals surface area contributed by atoms with Gasteiger partial charge in [-0.15, -0.1) is 0 Å². The Bertz CT molecular complexity index is 766. The van der Waals surface area contributed by atoms with E-state index in [0.29, 0.717) is 11.3 Å². The molecule has 2 aromatic rings. The van der Waals surface area contributed by atoms with Crippen LogP contribution in [0, 0.1) is 12.7 Å². The number of benzene rings is 2. The predicted octanol–water partition coefficient (Wildman–Crippen LogP) is 3.51. The number of hydrogen-bond acceptors (Lipinski definition) is 2. The molecule has 0 unspecified atom stereocenters. The van der Waals surface area contributed by atoms with E-state index < -0.39 is 5.82 Å². The van der Waals surface area contributed by atoms with Crippen molar-refractivity contribution in [3.8, 4) is 0 Å². The Hall–Kier alpha value is -2.20. The fraction of sp³-hybridized carbons (Fsp3) is 0.125. The van der Waals surface area contributed by atoms with Gasteiger partial charge in [-0.3, -0.25) is 9.59 Å². The minimum atomic E-state index is -0.465. The average molecular weight is 304 g/mol. The summed E-state index contributed by atoms with van der Waals surface area (Å²) in [6.45, 7) is 1.72. The van der Waals surface area contributed by atoms with Crippen molar-refractivity contribution in [1.29, 1.82) is 0 Å². The number of fused-ring (bicyclic) bond motifs is 1. The molecule has 0 spiro atoms. The Morgan fingerprint density at radius 3 is 2.71 bits per heavy atom. The fourth-order valence-electron chi connectivity index (χ4n) is 2.45. The maximum atomic E-state index is 13.4. The molecule has 1 heterocycles. The maximum Gasteiger partial charge on any atom is 0.228 e. The van der Waals surface area contributed by atoms with Gasteiger partial charge in [0.15, 0.2) is 5.78 Å². The molecule has 0 bridgehead atoms. The van der Waals surface area contributed by atoms with Crippen LogP contribution in [0.5, 0.6) is 0 Å². The van der Waals surface area contributed by atoms with E-state index in [4.69, 9.17) is 11.6 Å². The highest BCUT2D eigenvalue weighted by Crippen LogP contribution is 2.31. The summed E-state index contributed by atoms with van der Waals surface area (Å²) in [5, 5.41) is 2.91. The Morgan fingerprint density at radius 2 is 2.00 bits per heavy atom. The summed E-state index contributed by atoms with van der Waals surface area (Å²) in [7, 11) is 0. The van der Waals surface area contributed by atoms with Crippen molar-refractivity contribution in [1.82, 2.24) is 0 Å². The molecule has 0 fully saturated rings. The number of aryl methyl sites for hydroxylation is 1. The smallest absolute Gasteiger partial charge is 0.228 e. The molecule has 0 aliphatic carbocycles. The molecule has 2 aromatic carbocycles. The Labute approximate surface area is 125 Å². The summed E-state index contributed by atoms with van der Waals surface area (Å²) in [6, 6.07) is 7.30. The lowest BCUT2D eigenvalue weighted by Crippen LogP contribution is -2.04. The number of ketones is 1. The zero-order valence-corrected chi connectivity index (χ0v) is 11.9. The van der Waals surface area contributed by atoms with Gasteiger partial charge in [0.1, 0.15) is 5.82 Å². The molecule has 1 aliphatic heterocycles. The summed E-state index contributed by atoms with van der Waals surface area (Å²) in [5.41, 5.74) is 2.52. The Kier molecular flexibility index (Phi) is 3.26. The van der Waals surface area contributed by atoms with Gasteiger partial charge in [0.25, 0.3) is 0 Å². The molecule has 1 aliphatic rings. The normalized spacial score (nSPS) is 13.0. The minimum Gasteiger partial charge on any atom is -0.325 e. The summed E-state index contributed by atoms with van der Waals surface area (Å²) in [5.74, 6) is -0.954. The van der Waals surface area contributed by atoms with Crippen molar-refractivity contribution in [2.45, 2.75) is 13.3 Å². The summed E-state index contributed by atoms with van der Waals surface area (Å²) < 4.78 is 13.4. The zero-order chi connectivity index (χ0) is 15.1.